The largest absolute Gasteiger partial charge is 0.481 e. The molecule has 0 bridgehead atoms. The predicted octanol–water partition coefficient (Wildman–Crippen LogP) is -0.225. The van der Waals surface area contributed by atoms with Gasteiger partial charge in [0.15, 0.2) is 0 Å². The number of amides is 1. The molecule has 2 atom stereocenters. The van der Waals surface area contributed by atoms with Gasteiger partial charge in [-0.3, -0.25) is 14.5 Å². The van der Waals surface area contributed by atoms with Crippen LogP contribution in [0.3, 0.4) is 0 Å². The summed E-state index contributed by atoms with van der Waals surface area (Å²) in [5.74, 6) is -1.01. The Hall–Kier alpha value is -1.10. The number of hydrogen-bond acceptors (Lipinski definition) is 3. The Kier molecular flexibility index (Phi) is 4.08. The van der Waals surface area contributed by atoms with E-state index in [1.165, 1.54) is 0 Å². The van der Waals surface area contributed by atoms with Crippen molar-refractivity contribution < 1.29 is 14.7 Å². The van der Waals surface area contributed by atoms with Gasteiger partial charge in [0.2, 0.25) is 5.91 Å². The van der Waals surface area contributed by atoms with E-state index in [1.54, 1.807) is 0 Å². The fourth-order valence-electron chi connectivity index (χ4n) is 1.97. The summed E-state index contributed by atoms with van der Waals surface area (Å²) in [7, 11) is 0. The third-order valence-corrected chi connectivity index (χ3v) is 2.75. The van der Waals surface area contributed by atoms with Crippen LogP contribution in [0.5, 0.6) is 0 Å². The van der Waals surface area contributed by atoms with Crippen LogP contribution in [-0.2, 0) is 9.59 Å². The summed E-state index contributed by atoms with van der Waals surface area (Å²) in [4.78, 5) is 24.0. The molecule has 0 aromatic carbocycles. The molecule has 1 amide bonds. The van der Waals surface area contributed by atoms with Gasteiger partial charge in [-0.1, -0.05) is 6.92 Å². The molecule has 5 nitrogen and oxygen atoms in total. The molecule has 0 aromatic heterocycles. The molecule has 1 heterocycles. The number of hydrogen-bond donors (Lipinski definition) is 2. The lowest BCUT2D eigenvalue weighted by molar-refractivity contribution is -0.142. The third-order valence-electron chi connectivity index (χ3n) is 2.75. The number of carboxylic acids is 1. The van der Waals surface area contributed by atoms with E-state index in [-0.39, 0.29) is 17.7 Å². The summed E-state index contributed by atoms with van der Waals surface area (Å²) >= 11 is 0. The molecular weight excluding hydrogens is 196 g/mol. The number of nitrogens with one attached hydrogen (secondary N) is 1. The minimum Gasteiger partial charge on any atom is -0.481 e. The maximum Gasteiger partial charge on any atom is 0.308 e. The Morgan fingerprint density at radius 1 is 1.47 bits per heavy atom. The van der Waals surface area contributed by atoms with Crippen LogP contribution >= 0.6 is 0 Å². The van der Waals surface area contributed by atoms with Crippen molar-refractivity contribution in [2.75, 3.05) is 26.2 Å². The number of carbonyl (C=O) groups is 2. The van der Waals surface area contributed by atoms with Crippen molar-refractivity contribution in [3.63, 3.8) is 0 Å². The van der Waals surface area contributed by atoms with E-state index in [1.807, 2.05) is 18.7 Å². The number of likely N-dealkylation sites (N-methyl/N-ethyl adjacent to an activating group) is 1. The van der Waals surface area contributed by atoms with E-state index in [0.29, 0.717) is 26.2 Å². The first-order valence-corrected chi connectivity index (χ1v) is 5.26. The molecule has 5 heteroatoms. The summed E-state index contributed by atoms with van der Waals surface area (Å²) < 4.78 is 0. The van der Waals surface area contributed by atoms with Crippen LogP contribution in [0.1, 0.15) is 13.8 Å². The van der Waals surface area contributed by atoms with Crippen molar-refractivity contribution in [3.05, 3.63) is 0 Å². The monoisotopic (exact) mass is 214 g/mol. The lowest BCUT2D eigenvalue weighted by atomic mass is 9.99. The van der Waals surface area contributed by atoms with Crippen LogP contribution in [0, 0.1) is 11.8 Å². The van der Waals surface area contributed by atoms with Gasteiger partial charge >= 0.3 is 5.97 Å². The first kappa shape index (κ1) is 12.0. The van der Waals surface area contributed by atoms with Gasteiger partial charge in [0.1, 0.15) is 0 Å². The van der Waals surface area contributed by atoms with Crippen LogP contribution in [-0.4, -0.2) is 48.1 Å². The maximum atomic E-state index is 11.3. The molecule has 2 N–H and O–H groups in total. The predicted molar refractivity (Wildman–Crippen MR) is 55.4 cm³/mol. The molecule has 0 aliphatic carbocycles. The van der Waals surface area contributed by atoms with Gasteiger partial charge < -0.3 is 10.4 Å². The highest BCUT2D eigenvalue weighted by Gasteiger charge is 2.35. The molecule has 1 fully saturated rings. The molecule has 0 saturated carbocycles. The second-order valence-corrected chi connectivity index (χ2v) is 4.07. The summed E-state index contributed by atoms with van der Waals surface area (Å²) in [6.07, 6.45) is 0. The van der Waals surface area contributed by atoms with Crippen molar-refractivity contribution in [1.82, 2.24) is 10.2 Å². The average molecular weight is 214 g/mol. The normalized spacial score (nSPS) is 26.5. The van der Waals surface area contributed by atoms with Crippen molar-refractivity contribution >= 4 is 11.9 Å². The molecule has 1 aliphatic heterocycles. The van der Waals surface area contributed by atoms with E-state index in [4.69, 9.17) is 5.11 Å². The highest BCUT2D eigenvalue weighted by molar-refractivity contribution is 5.78. The zero-order chi connectivity index (χ0) is 11.4. The second-order valence-electron chi connectivity index (χ2n) is 4.07. The third kappa shape index (κ3) is 3.20. The molecule has 0 radical (unpaired) electrons. The van der Waals surface area contributed by atoms with Crippen LogP contribution in [0.25, 0.3) is 0 Å². The number of aliphatic carboxylic acids is 1. The molecule has 1 rings (SSSR count). The standard InChI is InChI=1S/C10H18N2O3/c1-3-11-9(13)6-12-4-7(2)8(5-12)10(14)15/h7-8H,3-6H2,1-2H3,(H,11,13)(H,14,15)/t7-,8-/m1/s1. The molecule has 0 spiro atoms. The second kappa shape index (κ2) is 5.11. The molecule has 1 saturated heterocycles. The minimum absolute atomic E-state index is 0.0317. The van der Waals surface area contributed by atoms with Gasteiger partial charge in [-0.25, -0.2) is 0 Å². The zero-order valence-corrected chi connectivity index (χ0v) is 9.19. The lowest BCUT2D eigenvalue weighted by Gasteiger charge is -2.13. The summed E-state index contributed by atoms with van der Waals surface area (Å²) in [6, 6.07) is 0. The summed E-state index contributed by atoms with van der Waals surface area (Å²) in [5, 5.41) is 11.6. The Labute approximate surface area is 89.4 Å². The Balaban J connectivity index is 2.41. The molecule has 86 valence electrons. The molecule has 15 heavy (non-hydrogen) atoms. The average Bonchev–Trinajstić information content (AvgIpc) is 2.47. The Bertz CT molecular complexity index is 255. The van der Waals surface area contributed by atoms with E-state index in [9.17, 15) is 9.59 Å². The van der Waals surface area contributed by atoms with E-state index >= 15 is 0 Å². The summed E-state index contributed by atoms with van der Waals surface area (Å²) in [5.41, 5.74) is 0. The minimum atomic E-state index is -0.763. The number of rotatable bonds is 4. The first-order chi connectivity index (χ1) is 7.04. The fourth-order valence-corrected chi connectivity index (χ4v) is 1.97. The van der Waals surface area contributed by atoms with E-state index in [0.717, 1.165) is 0 Å². The van der Waals surface area contributed by atoms with Crippen LogP contribution in [0.2, 0.25) is 0 Å². The van der Waals surface area contributed by atoms with Gasteiger partial charge in [-0.05, 0) is 12.8 Å². The van der Waals surface area contributed by atoms with Crippen molar-refractivity contribution in [3.8, 4) is 0 Å². The maximum absolute atomic E-state index is 11.3. The topological polar surface area (TPSA) is 69.6 Å². The van der Waals surface area contributed by atoms with Crippen LogP contribution in [0.4, 0.5) is 0 Å². The number of likely N-dealkylation sites (tertiary alicyclic amines) is 1. The Morgan fingerprint density at radius 2 is 2.13 bits per heavy atom. The highest BCUT2D eigenvalue weighted by atomic mass is 16.4. The SMILES string of the molecule is CCNC(=O)CN1C[C@@H](C)[C@H](C(=O)O)C1. The van der Waals surface area contributed by atoms with Crippen LogP contribution < -0.4 is 5.32 Å². The lowest BCUT2D eigenvalue weighted by Crippen LogP contribution is -2.36. The quantitative estimate of drug-likeness (QED) is 0.678. The molecular formula is C10H18N2O3. The van der Waals surface area contributed by atoms with Crippen LogP contribution in [0.15, 0.2) is 0 Å². The van der Waals surface area contributed by atoms with Gasteiger partial charge in [0.25, 0.3) is 0 Å². The Morgan fingerprint density at radius 3 is 2.60 bits per heavy atom. The van der Waals surface area contributed by atoms with Crippen molar-refractivity contribution in [2.45, 2.75) is 13.8 Å². The van der Waals surface area contributed by atoms with Gasteiger partial charge in [0.05, 0.1) is 12.5 Å². The number of carboxylic acid groups (broad SMARTS) is 1. The first-order valence-electron chi connectivity index (χ1n) is 5.26. The zero-order valence-electron chi connectivity index (χ0n) is 9.19. The van der Waals surface area contributed by atoms with Gasteiger partial charge in [0, 0.05) is 19.6 Å². The molecule has 0 unspecified atom stereocenters. The molecule has 1 aliphatic rings. The number of carbonyl (C=O) groups excluding carboxylic acids is 1. The fraction of sp³-hybridized carbons (Fsp3) is 0.800. The summed E-state index contributed by atoms with van der Waals surface area (Å²) in [6.45, 7) is 5.87. The van der Waals surface area contributed by atoms with Gasteiger partial charge in [-0.2, -0.15) is 0 Å². The van der Waals surface area contributed by atoms with Crippen molar-refractivity contribution in [2.24, 2.45) is 11.8 Å². The van der Waals surface area contributed by atoms with E-state index < -0.39 is 5.97 Å². The highest BCUT2D eigenvalue weighted by Crippen LogP contribution is 2.22. The number of nitrogens with zero attached hydrogens (tertiary/aromatic N) is 1. The molecule has 0 aromatic rings. The van der Waals surface area contributed by atoms with E-state index in [2.05, 4.69) is 5.32 Å². The smallest absolute Gasteiger partial charge is 0.308 e. The van der Waals surface area contributed by atoms with Crippen molar-refractivity contribution in [1.29, 1.82) is 0 Å². The van der Waals surface area contributed by atoms with Gasteiger partial charge in [-0.15, -0.1) is 0 Å².